The van der Waals surface area contributed by atoms with E-state index in [2.05, 4.69) is 17.1 Å². The molecule has 1 fully saturated rings. The van der Waals surface area contributed by atoms with E-state index >= 15 is 0 Å². The third-order valence-electron chi connectivity index (χ3n) is 4.48. The Morgan fingerprint density at radius 2 is 2.16 bits per heavy atom. The van der Waals surface area contributed by atoms with E-state index in [4.69, 9.17) is 13.7 Å². The van der Waals surface area contributed by atoms with Gasteiger partial charge in [0.1, 0.15) is 11.3 Å². The molecule has 0 radical (unpaired) electrons. The molecule has 25 heavy (non-hydrogen) atoms. The average Bonchev–Trinajstić information content (AvgIpc) is 3.34. The maximum absolute atomic E-state index is 11.9. The molecule has 2 aromatic heterocycles. The molecule has 4 rings (SSSR count). The van der Waals surface area contributed by atoms with Crippen molar-refractivity contribution in [2.75, 3.05) is 0 Å². The molecule has 0 bridgehead atoms. The number of fused-ring (bicyclic) bond motifs is 1. The van der Waals surface area contributed by atoms with Crippen LogP contribution in [0.15, 0.2) is 31.9 Å². The Morgan fingerprint density at radius 3 is 2.92 bits per heavy atom. The van der Waals surface area contributed by atoms with Crippen molar-refractivity contribution >= 4 is 11.0 Å². The highest BCUT2D eigenvalue weighted by atomic mass is 16.5. The Bertz CT molecular complexity index is 969. The van der Waals surface area contributed by atoms with Gasteiger partial charge in [-0.1, -0.05) is 18.5 Å². The van der Waals surface area contributed by atoms with Crippen LogP contribution in [0, 0.1) is 6.92 Å². The van der Waals surface area contributed by atoms with E-state index in [1.165, 1.54) is 0 Å². The Kier molecular flexibility index (Phi) is 4.03. The SMILES string of the molecule is CCCc1cc(=O)oc2c(C)c(OCc3noc(C4CC4)n3)ccc12. The number of rotatable bonds is 6. The molecule has 0 atom stereocenters. The molecule has 0 amide bonds. The molecule has 130 valence electrons. The monoisotopic (exact) mass is 340 g/mol. The molecule has 0 spiro atoms. The summed E-state index contributed by atoms with van der Waals surface area (Å²) in [6.07, 6.45) is 4.04. The van der Waals surface area contributed by atoms with E-state index in [9.17, 15) is 4.79 Å². The maximum atomic E-state index is 11.9. The first kappa shape index (κ1) is 15.9. The van der Waals surface area contributed by atoms with E-state index in [-0.39, 0.29) is 12.2 Å². The topological polar surface area (TPSA) is 78.4 Å². The van der Waals surface area contributed by atoms with E-state index in [1.54, 1.807) is 6.07 Å². The molecular formula is C19H20N2O4. The summed E-state index contributed by atoms with van der Waals surface area (Å²) in [5.74, 6) is 2.31. The van der Waals surface area contributed by atoms with E-state index < -0.39 is 0 Å². The van der Waals surface area contributed by atoms with Crippen molar-refractivity contribution in [1.29, 1.82) is 0 Å². The summed E-state index contributed by atoms with van der Waals surface area (Å²) in [4.78, 5) is 16.2. The quantitative estimate of drug-likeness (QED) is 0.633. The Hall–Kier alpha value is -2.63. The number of hydrogen-bond acceptors (Lipinski definition) is 6. The fourth-order valence-electron chi connectivity index (χ4n) is 3.01. The summed E-state index contributed by atoms with van der Waals surface area (Å²) < 4.78 is 16.5. The molecule has 2 heterocycles. The smallest absolute Gasteiger partial charge is 0.336 e. The zero-order chi connectivity index (χ0) is 17.4. The number of hydrogen-bond donors (Lipinski definition) is 0. The van der Waals surface area contributed by atoms with Crippen molar-refractivity contribution < 1.29 is 13.7 Å². The normalized spacial score (nSPS) is 14.2. The lowest BCUT2D eigenvalue weighted by Crippen LogP contribution is -2.03. The van der Waals surface area contributed by atoms with Gasteiger partial charge in [0, 0.05) is 22.9 Å². The number of aromatic nitrogens is 2. The van der Waals surface area contributed by atoms with Crippen LogP contribution in [0.2, 0.25) is 0 Å². The van der Waals surface area contributed by atoms with Crippen LogP contribution < -0.4 is 10.4 Å². The predicted octanol–water partition coefficient (Wildman–Crippen LogP) is 3.89. The Balaban J connectivity index is 1.60. The second-order valence-electron chi connectivity index (χ2n) is 6.52. The van der Waals surface area contributed by atoms with Crippen LogP contribution in [0.5, 0.6) is 5.75 Å². The van der Waals surface area contributed by atoms with Crippen LogP contribution in [0.3, 0.4) is 0 Å². The minimum atomic E-state index is -0.330. The van der Waals surface area contributed by atoms with E-state index in [0.717, 1.165) is 42.2 Å². The predicted molar refractivity (Wildman–Crippen MR) is 91.8 cm³/mol. The summed E-state index contributed by atoms with van der Waals surface area (Å²) in [5, 5.41) is 4.91. The first-order valence-electron chi connectivity index (χ1n) is 8.67. The molecule has 0 aliphatic heterocycles. The van der Waals surface area contributed by atoms with Crippen LogP contribution in [-0.4, -0.2) is 10.1 Å². The molecule has 0 unspecified atom stereocenters. The van der Waals surface area contributed by atoms with Gasteiger partial charge in [0.2, 0.25) is 11.7 Å². The summed E-state index contributed by atoms with van der Waals surface area (Å²) in [5.41, 5.74) is 2.07. The van der Waals surface area contributed by atoms with Crippen molar-refractivity contribution in [2.24, 2.45) is 0 Å². The highest BCUT2D eigenvalue weighted by molar-refractivity contribution is 5.84. The van der Waals surface area contributed by atoms with Crippen molar-refractivity contribution in [1.82, 2.24) is 10.1 Å². The lowest BCUT2D eigenvalue weighted by atomic mass is 10.0. The van der Waals surface area contributed by atoms with Crippen LogP contribution in [0.25, 0.3) is 11.0 Å². The Morgan fingerprint density at radius 1 is 1.32 bits per heavy atom. The fraction of sp³-hybridized carbons (Fsp3) is 0.421. The van der Waals surface area contributed by atoms with Gasteiger partial charge in [-0.2, -0.15) is 4.98 Å². The number of benzene rings is 1. The average molecular weight is 340 g/mol. The molecule has 0 N–H and O–H groups in total. The fourth-order valence-corrected chi connectivity index (χ4v) is 3.01. The number of aryl methyl sites for hydroxylation is 2. The highest BCUT2D eigenvalue weighted by Crippen LogP contribution is 2.39. The third kappa shape index (κ3) is 3.16. The zero-order valence-corrected chi connectivity index (χ0v) is 14.4. The molecule has 6 heteroatoms. The first-order chi connectivity index (χ1) is 12.2. The van der Waals surface area contributed by atoms with Crippen molar-refractivity contribution in [3.8, 4) is 5.75 Å². The second-order valence-corrected chi connectivity index (χ2v) is 6.52. The summed E-state index contributed by atoms with van der Waals surface area (Å²) >= 11 is 0. The second kappa shape index (κ2) is 6.35. The lowest BCUT2D eigenvalue weighted by molar-refractivity contribution is 0.283. The van der Waals surface area contributed by atoms with Crippen molar-refractivity contribution in [3.05, 3.63) is 51.5 Å². The van der Waals surface area contributed by atoms with Gasteiger partial charge in [0.25, 0.3) is 0 Å². The van der Waals surface area contributed by atoms with Crippen molar-refractivity contribution in [2.45, 2.75) is 52.1 Å². The van der Waals surface area contributed by atoms with Gasteiger partial charge in [-0.25, -0.2) is 4.79 Å². The molecular weight excluding hydrogens is 320 g/mol. The van der Waals surface area contributed by atoms with Gasteiger partial charge in [-0.05, 0) is 43.9 Å². The van der Waals surface area contributed by atoms with Crippen LogP contribution >= 0.6 is 0 Å². The lowest BCUT2D eigenvalue weighted by Gasteiger charge is -2.11. The molecule has 6 nitrogen and oxygen atoms in total. The van der Waals surface area contributed by atoms with Crippen LogP contribution in [0.1, 0.15) is 54.9 Å². The molecule has 0 saturated heterocycles. The summed E-state index contributed by atoms with van der Waals surface area (Å²) in [6.45, 7) is 4.20. The molecule has 3 aromatic rings. The van der Waals surface area contributed by atoms with E-state index in [0.29, 0.717) is 29.0 Å². The van der Waals surface area contributed by atoms with Gasteiger partial charge < -0.3 is 13.7 Å². The van der Waals surface area contributed by atoms with Gasteiger partial charge in [0.05, 0.1) is 0 Å². The number of ether oxygens (including phenoxy) is 1. The minimum absolute atomic E-state index is 0.224. The van der Waals surface area contributed by atoms with Gasteiger partial charge in [0.15, 0.2) is 6.61 Å². The third-order valence-corrected chi connectivity index (χ3v) is 4.48. The first-order valence-corrected chi connectivity index (χ1v) is 8.67. The van der Waals surface area contributed by atoms with Crippen molar-refractivity contribution in [3.63, 3.8) is 0 Å². The summed E-state index contributed by atoms with van der Waals surface area (Å²) in [6, 6.07) is 5.42. The van der Waals surface area contributed by atoms with Gasteiger partial charge in [-0.15, -0.1) is 0 Å². The van der Waals surface area contributed by atoms with Crippen LogP contribution in [-0.2, 0) is 13.0 Å². The Labute approximate surface area is 144 Å². The largest absolute Gasteiger partial charge is 0.485 e. The van der Waals surface area contributed by atoms with Gasteiger partial charge >= 0.3 is 5.63 Å². The zero-order valence-electron chi connectivity index (χ0n) is 14.4. The highest BCUT2D eigenvalue weighted by Gasteiger charge is 2.29. The van der Waals surface area contributed by atoms with Gasteiger partial charge in [-0.3, -0.25) is 0 Å². The molecule has 1 saturated carbocycles. The molecule has 1 aliphatic carbocycles. The minimum Gasteiger partial charge on any atom is -0.485 e. The summed E-state index contributed by atoms with van der Waals surface area (Å²) in [7, 11) is 0. The van der Waals surface area contributed by atoms with Crippen LogP contribution in [0.4, 0.5) is 0 Å². The molecule has 1 aliphatic rings. The standard InChI is InChI=1S/C19H20N2O4/c1-3-4-13-9-17(22)24-18-11(2)15(8-7-14(13)18)23-10-16-20-19(25-21-16)12-5-6-12/h7-9,12H,3-6,10H2,1-2H3. The maximum Gasteiger partial charge on any atom is 0.336 e. The molecule has 1 aromatic carbocycles. The number of nitrogens with zero attached hydrogens (tertiary/aromatic N) is 2. The van der Waals surface area contributed by atoms with E-state index in [1.807, 2.05) is 19.1 Å².